The van der Waals surface area contributed by atoms with Crippen molar-refractivity contribution in [2.24, 2.45) is 0 Å². The predicted octanol–water partition coefficient (Wildman–Crippen LogP) is 2.72. The van der Waals surface area contributed by atoms with E-state index >= 15 is 0 Å². The van der Waals surface area contributed by atoms with Crippen molar-refractivity contribution in [2.45, 2.75) is 13.3 Å². The molecular weight excluding hydrogens is 266 g/mol. The zero-order chi connectivity index (χ0) is 11.5. The standard InChI is InChI=1S/C12H12BrN3/c1-8-2-10(12(14)16-5-8)3-9-4-11(13)7-15-6-9/h2,4-7H,3H2,1H3,(H2,14,16). The minimum absolute atomic E-state index is 0.588. The smallest absolute Gasteiger partial charge is 0.126 e. The van der Waals surface area contributed by atoms with Gasteiger partial charge in [0.15, 0.2) is 0 Å². The molecule has 0 saturated carbocycles. The maximum Gasteiger partial charge on any atom is 0.126 e. The highest BCUT2D eigenvalue weighted by Crippen LogP contribution is 2.17. The number of nitrogens with zero attached hydrogens (tertiary/aromatic N) is 2. The van der Waals surface area contributed by atoms with Gasteiger partial charge in [-0.3, -0.25) is 4.98 Å². The number of aromatic nitrogens is 2. The van der Waals surface area contributed by atoms with E-state index in [9.17, 15) is 0 Å². The molecule has 4 heteroatoms. The summed E-state index contributed by atoms with van der Waals surface area (Å²) < 4.78 is 0.976. The molecular formula is C12H12BrN3. The second kappa shape index (κ2) is 4.61. The van der Waals surface area contributed by atoms with Gasteiger partial charge in [-0.2, -0.15) is 0 Å². The molecule has 2 heterocycles. The zero-order valence-corrected chi connectivity index (χ0v) is 10.5. The van der Waals surface area contributed by atoms with Crippen molar-refractivity contribution in [3.8, 4) is 0 Å². The molecule has 2 rings (SSSR count). The van der Waals surface area contributed by atoms with E-state index in [-0.39, 0.29) is 0 Å². The normalized spacial score (nSPS) is 10.4. The first-order chi connectivity index (χ1) is 7.65. The molecule has 82 valence electrons. The molecule has 2 aromatic rings. The Morgan fingerprint density at radius 1 is 1.25 bits per heavy atom. The van der Waals surface area contributed by atoms with E-state index in [1.807, 2.05) is 19.2 Å². The Hall–Kier alpha value is -1.42. The van der Waals surface area contributed by atoms with Crippen LogP contribution in [0, 0.1) is 6.92 Å². The molecule has 0 aromatic carbocycles. The van der Waals surface area contributed by atoms with Gasteiger partial charge in [0.25, 0.3) is 0 Å². The lowest BCUT2D eigenvalue weighted by molar-refractivity contribution is 1.11. The third-order valence-corrected chi connectivity index (χ3v) is 2.73. The van der Waals surface area contributed by atoms with Gasteiger partial charge in [0.05, 0.1) is 0 Å². The van der Waals surface area contributed by atoms with E-state index in [1.54, 1.807) is 12.4 Å². The van der Waals surface area contributed by atoms with Crippen LogP contribution in [0.5, 0.6) is 0 Å². The highest BCUT2D eigenvalue weighted by atomic mass is 79.9. The molecule has 0 fully saturated rings. The number of nitrogens with two attached hydrogens (primary N) is 1. The lowest BCUT2D eigenvalue weighted by atomic mass is 10.1. The number of pyridine rings is 2. The molecule has 0 saturated heterocycles. The topological polar surface area (TPSA) is 51.8 Å². The summed E-state index contributed by atoms with van der Waals surface area (Å²) in [7, 11) is 0. The molecule has 0 radical (unpaired) electrons. The maximum atomic E-state index is 5.83. The Kier molecular flexibility index (Phi) is 3.19. The minimum atomic E-state index is 0.588. The maximum absolute atomic E-state index is 5.83. The Balaban J connectivity index is 2.30. The van der Waals surface area contributed by atoms with Gasteiger partial charge in [-0.1, -0.05) is 6.07 Å². The molecule has 0 atom stereocenters. The van der Waals surface area contributed by atoms with Crippen molar-refractivity contribution in [2.75, 3.05) is 5.73 Å². The second-order valence-corrected chi connectivity index (χ2v) is 4.66. The van der Waals surface area contributed by atoms with Gasteiger partial charge in [-0.25, -0.2) is 4.98 Å². The summed E-state index contributed by atoms with van der Waals surface area (Å²) in [5.74, 6) is 0.588. The van der Waals surface area contributed by atoms with Crippen LogP contribution >= 0.6 is 15.9 Å². The number of hydrogen-bond donors (Lipinski definition) is 1. The van der Waals surface area contributed by atoms with Gasteiger partial charge in [0.2, 0.25) is 0 Å². The van der Waals surface area contributed by atoms with Crippen molar-refractivity contribution in [1.82, 2.24) is 9.97 Å². The quantitative estimate of drug-likeness (QED) is 0.918. The van der Waals surface area contributed by atoms with Gasteiger partial charge < -0.3 is 5.73 Å². The molecule has 0 aliphatic rings. The van der Waals surface area contributed by atoms with E-state index in [4.69, 9.17) is 5.73 Å². The number of rotatable bonds is 2. The van der Waals surface area contributed by atoms with Crippen LogP contribution < -0.4 is 5.73 Å². The molecule has 0 spiro atoms. The van der Waals surface area contributed by atoms with Crippen LogP contribution in [0.1, 0.15) is 16.7 Å². The van der Waals surface area contributed by atoms with Crippen molar-refractivity contribution in [3.05, 3.63) is 51.9 Å². The van der Waals surface area contributed by atoms with Crippen LogP contribution in [0.4, 0.5) is 5.82 Å². The molecule has 0 aliphatic heterocycles. The van der Waals surface area contributed by atoms with Gasteiger partial charge in [0, 0.05) is 29.5 Å². The summed E-state index contributed by atoms with van der Waals surface area (Å²) in [6, 6.07) is 4.10. The van der Waals surface area contributed by atoms with E-state index in [2.05, 4.69) is 32.0 Å². The first kappa shape index (κ1) is 11.1. The Bertz CT molecular complexity index is 511. The van der Waals surface area contributed by atoms with Crippen molar-refractivity contribution in [3.63, 3.8) is 0 Å². The SMILES string of the molecule is Cc1cnc(N)c(Cc2cncc(Br)c2)c1. The van der Waals surface area contributed by atoms with E-state index in [1.165, 1.54) is 0 Å². The van der Waals surface area contributed by atoms with Crippen LogP contribution in [0.2, 0.25) is 0 Å². The molecule has 2 N–H and O–H groups in total. The molecule has 3 nitrogen and oxygen atoms in total. The largest absolute Gasteiger partial charge is 0.383 e. The van der Waals surface area contributed by atoms with Crippen LogP contribution in [0.15, 0.2) is 35.2 Å². The van der Waals surface area contributed by atoms with E-state index < -0.39 is 0 Å². The summed E-state index contributed by atoms with van der Waals surface area (Å²) in [6.45, 7) is 2.01. The van der Waals surface area contributed by atoms with Gasteiger partial charge >= 0.3 is 0 Å². The number of anilines is 1. The van der Waals surface area contributed by atoms with Crippen LogP contribution in [0.3, 0.4) is 0 Å². The number of aryl methyl sites for hydroxylation is 1. The monoisotopic (exact) mass is 277 g/mol. The average molecular weight is 278 g/mol. The van der Waals surface area contributed by atoms with Crippen LogP contribution in [-0.2, 0) is 6.42 Å². The third kappa shape index (κ3) is 2.58. The third-order valence-electron chi connectivity index (χ3n) is 2.29. The first-order valence-electron chi connectivity index (χ1n) is 4.95. The van der Waals surface area contributed by atoms with Gasteiger partial charge in [0.1, 0.15) is 5.82 Å². The fourth-order valence-corrected chi connectivity index (χ4v) is 1.97. The van der Waals surface area contributed by atoms with E-state index in [0.717, 1.165) is 27.6 Å². The second-order valence-electron chi connectivity index (χ2n) is 3.75. The summed E-state index contributed by atoms with van der Waals surface area (Å²) in [6.07, 6.45) is 6.14. The summed E-state index contributed by atoms with van der Waals surface area (Å²) in [5, 5.41) is 0. The molecule has 0 aliphatic carbocycles. The van der Waals surface area contributed by atoms with Crippen molar-refractivity contribution in [1.29, 1.82) is 0 Å². The summed E-state index contributed by atoms with van der Waals surface area (Å²) in [4.78, 5) is 8.27. The summed E-state index contributed by atoms with van der Waals surface area (Å²) >= 11 is 3.40. The number of halogens is 1. The highest BCUT2D eigenvalue weighted by Gasteiger charge is 2.03. The summed E-state index contributed by atoms with van der Waals surface area (Å²) in [5.41, 5.74) is 9.11. The molecule has 0 bridgehead atoms. The fraction of sp³-hybridized carbons (Fsp3) is 0.167. The van der Waals surface area contributed by atoms with Gasteiger partial charge in [-0.15, -0.1) is 0 Å². The fourth-order valence-electron chi connectivity index (χ4n) is 1.55. The molecule has 16 heavy (non-hydrogen) atoms. The number of hydrogen-bond acceptors (Lipinski definition) is 3. The molecule has 2 aromatic heterocycles. The van der Waals surface area contributed by atoms with Crippen LogP contribution in [0.25, 0.3) is 0 Å². The van der Waals surface area contributed by atoms with Crippen molar-refractivity contribution >= 4 is 21.7 Å². The van der Waals surface area contributed by atoms with E-state index in [0.29, 0.717) is 5.82 Å². The predicted molar refractivity (Wildman–Crippen MR) is 68.1 cm³/mol. The Labute approximate surface area is 103 Å². The minimum Gasteiger partial charge on any atom is -0.383 e. The molecule has 0 unspecified atom stereocenters. The van der Waals surface area contributed by atoms with Gasteiger partial charge in [-0.05, 0) is 45.6 Å². The lowest BCUT2D eigenvalue weighted by Crippen LogP contribution is -1.99. The van der Waals surface area contributed by atoms with Crippen molar-refractivity contribution < 1.29 is 0 Å². The lowest BCUT2D eigenvalue weighted by Gasteiger charge is -2.06. The Morgan fingerprint density at radius 2 is 2.06 bits per heavy atom. The number of nitrogen functional groups attached to an aromatic ring is 1. The Morgan fingerprint density at radius 3 is 2.81 bits per heavy atom. The highest BCUT2D eigenvalue weighted by molar-refractivity contribution is 9.10. The van der Waals surface area contributed by atoms with Crippen LogP contribution in [-0.4, -0.2) is 9.97 Å². The molecule has 0 amide bonds. The zero-order valence-electron chi connectivity index (χ0n) is 8.94. The first-order valence-corrected chi connectivity index (χ1v) is 5.75. The average Bonchev–Trinajstić information content (AvgIpc) is 2.24.